The van der Waals surface area contributed by atoms with Gasteiger partial charge in [0.15, 0.2) is 0 Å². The first-order chi connectivity index (χ1) is 5.81. The highest BCUT2D eigenvalue weighted by molar-refractivity contribution is 4.52. The molecule has 0 rings (SSSR count). The van der Waals surface area contributed by atoms with E-state index in [1.54, 1.807) is 7.11 Å². The fourth-order valence-electron chi connectivity index (χ4n) is 0.943. The van der Waals surface area contributed by atoms with Crippen LogP contribution in [0.4, 0.5) is 0 Å². The Morgan fingerprint density at radius 1 is 1.33 bits per heavy atom. The maximum atomic E-state index is 9.23. The van der Waals surface area contributed by atoms with Gasteiger partial charge in [-0.15, -0.1) is 0 Å². The van der Waals surface area contributed by atoms with E-state index in [0.29, 0.717) is 6.61 Å². The van der Waals surface area contributed by atoms with E-state index in [-0.39, 0.29) is 6.10 Å². The molecule has 0 aromatic heterocycles. The van der Waals surface area contributed by atoms with Gasteiger partial charge in [0.25, 0.3) is 0 Å². The maximum Gasteiger partial charge on any atom is 0.0774 e. The molecule has 12 heavy (non-hydrogen) atoms. The normalized spacial score (nSPS) is 13.2. The van der Waals surface area contributed by atoms with E-state index in [1.807, 2.05) is 0 Å². The Hall–Kier alpha value is -0.120. The minimum Gasteiger partial charge on any atom is -0.391 e. The monoisotopic (exact) mass is 176 g/mol. The summed E-state index contributed by atoms with van der Waals surface area (Å²) in [5.41, 5.74) is 0. The van der Waals surface area contributed by atoms with Crippen molar-refractivity contribution in [1.29, 1.82) is 0 Å². The van der Waals surface area contributed by atoms with Crippen molar-refractivity contribution in [1.82, 2.24) is 0 Å². The molecule has 0 fully saturated rings. The molecular weight excluding hydrogens is 156 g/mol. The van der Waals surface area contributed by atoms with Crippen molar-refractivity contribution in [3.63, 3.8) is 0 Å². The maximum absolute atomic E-state index is 9.23. The zero-order valence-corrected chi connectivity index (χ0v) is 8.08. The zero-order valence-electron chi connectivity index (χ0n) is 8.08. The number of ether oxygens (including phenoxy) is 2. The summed E-state index contributed by atoms with van der Waals surface area (Å²) >= 11 is 0. The molecule has 1 N–H and O–H groups in total. The van der Waals surface area contributed by atoms with Gasteiger partial charge in [0.1, 0.15) is 0 Å². The van der Waals surface area contributed by atoms with Crippen molar-refractivity contribution in [2.45, 2.75) is 32.3 Å². The molecule has 1 unspecified atom stereocenters. The predicted octanol–water partition coefficient (Wildman–Crippen LogP) is 1.20. The topological polar surface area (TPSA) is 38.7 Å². The average molecular weight is 176 g/mol. The van der Waals surface area contributed by atoms with Gasteiger partial charge in [-0.05, 0) is 19.3 Å². The number of hydrogen-bond acceptors (Lipinski definition) is 3. The minimum absolute atomic E-state index is 0.333. The Balaban J connectivity index is 2.97. The summed E-state index contributed by atoms with van der Waals surface area (Å²) in [5, 5.41) is 9.23. The smallest absolute Gasteiger partial charge is 0.0774 e. The summed E-state index contributed by atoms with van der Waals surface area (Å²) in [6, 6.07) is 0. The number of rotatable bonds is 8. The lowest BCUT2D eigenvalue weighted by molar-refractivity contribution is 0.0485. The Labute approximate surface area is 74.7 Å². The number of aliphatic hydroxyl groups is 1. The summed E-state index contributed by atoms with van der Waals surface area (Å²) in [5.74, 6) is 0. The van der Waals surface area contributed by atoms with E-state index in [2.05, 4.69) is 6.92 Å². The lowest BCUT2D eigenvalue weighted by Crippen LogP contribution is -2.14. The van der Waals surface area contributed by atoms with E-state index in [4.69, 9.17) is 9.47 Å². The van der Waals surface area contributed by atoms with Crippen LogP contribution in [0.3, 0.4) is 0 Å². The van der Waals surface area contributed by atoms with Gasteiger partial charge in [-0.3, -0.25) is 0 Å². The third-order valence-corrected chi connectivity index (χ3v) is 1.53. The summed E-state index contributed by atoms with van der Waals surface area (Å²) < 4.78 is 10.1. The molecule has 3 nitrogen and oxygen atoms in total. The number of methoxy groups -OCH3 is 1. The summed E-state index contributed by atoms with van der Waals surface area (Å²) in [6.07, 6.45) is 2.39. The van der Waals surface area contributed by atoms with E-state index in [9.17, 15) is 5.11 Å². The van der Waals surface area contributed by atoms with Gasteiger partial charge in [0.05, 0.1) is 12.7 Å². The van der Waals surface area contributed by atoms with Crippen LogP contribution in [0.1, 0.15) is 26.2 Å². The fourth-order valence-corrected chi connectivity index (χ4v) is 0.943. The molecule has 0 aromatic rings. The van der Waals surface area contributed by atoms with Crippen LogP contribution >= 0.6 is 0 Å². The highest BCUT2D eigenvalue weighted by Gasteiger charge is 2.01. The van der Waals surface area contributed by atoms with Crippen LogP contribution in [0.2, 0.25) is 0 Å². The zero-order chi connectivity index (χ0) is 9.23. The largest absolute Gasteiger partial charge is 0.391 e. The molecule has 0 aliphatic heterocycles. The third kappa shape index (κ3) is 7.98. The van der Waals surface area contributed by atoms with Crippen molar-refractivity contribution >= 4 is 0 Å². The molecule has 74 valence electrons. The molecule has 0 aromatic carbocycles. The molecule has 0 amide bonds. The van der Waals surface area contributed by atoms with Crippen molar-refractivity contribution in [2.75, 3.05) is 26.9 Å². The molecular formula is C9H20O3. The van der Waals surface area contributed by atoms with Gasteiger partial charge >= 0.3 is 0 Å². The summed E-state index contributed by atoms with van der Waals surface area (Å²) in [6.45, 7) is 4.07. The van der Waals surface area contributed by atoms with Crippen LogP contribution in [0.25, 0.3) is 0 Å². The highest BCUT2D eigenvalue weighted by Crippen LogP contribution is 1.97. The molecule has 3 heteroatoms. The average Bonchev–Trinajstić information content (AvgIpc) is 2.05. The van der Waals surface area contributed by atoms with Gasteiger partial charge in [0, 0.05) is 20.3 Å². The predicted molar refractivity (Wildman–Crippen MR) is 48.2 cm³/mol. The second kappa shape index (κ2) is 8.97. The van der Waals surface area contributed by atoms with Gasteiger partial charge in [-0.2, -0.15) is 0 Å². The standard InChI is InChI=1S/C9H20O3/c1-3-6-12-7-4-5-9(10)8-11-2/h9-10H,3-8H2,1-2H3. The Bertz CT molecular complexity index is 85.8. The minimum atomic E-state index is -0.333. The van der Waals surface area contributed by atoms with Crippen LogP contribution in [0.5, 0.6) is 0 Å². The van der Waals surface area contributed by atoms with Crippen molar-refractivity contribution in [3.05, 3.63) is 0 Å². The van der Waals surface area contributed by atoms with Crippen LogP contribution in [-0.4, -0.2) is 38.1 Å². The van der Waals surface area contributed by atoms with Crippen LogP contribution in [0, 0.1) is 0 Å². The van der Waals surface area contributed by atoms with Crippen LogP contribution < -0.4 is 0 Å². The van der Waals surface area contributed by atoms with E-state index >= 15 is 0 Å². The van der Waals surface area contributed by atoms with E-state index < -0.39 is 0 Å². The van der Waals surface area contributed by atoms with Gasteiger partial charge in [-0.25, -0.2) is 0 Å². The first-order valence-electron chi connectivity index (χ1n) is 4.56. The Morgan fingerprint density at radius 2 is 2.08 bits per heavy atom. The molecule has 0 saturated heterocycles. The highest BCUT2D eigenvalue weighted by atomic mass is 16.5. The van der Waals surface area contributed by atoms with Gasteiger partial charge < -0.3 is 14.6 Å². The fraction of sp³-hybridized carbons (Fsp3) is 1.00. The summed E-state index contributed by atoms with van der Waals surface area (Å²) in [7, 11) is 1.59. The van der Waals surface area contributed by atoms with E-state index in [0.717, 1.165) is 32.5 Å². The second-order valence-electron chi connectivity index (χ2n) is 2.86. The van der Waals surface area contributed by atoms with Crippen LogP contribution in [0.15, 0.2) is 0 Å². The SMILES string of the molecule is CCCOCCCC(O)COC. The number of hydrogen-bond donors (Lipinski definition) is 1. The first-order valence-corrected chi connectivity index (χ1v) is 4.56. The molecule has 0 spiro atoms. The van der Waals surface area contributed by atoms with Gasteiger partial charge in [0.2, 0.25) is 0 Å². The first kappa shape index (κ1) is 11.9. The molecule has 0 saturated carbocycles. The Morgan fingerprint density at radius 3 is 2.67 bits per heavy atom. The van der Waals surface area contributed by atoms with Crippen molar-refractivity contribution < 1.29 is 14.6 Å². The third-order valence-electron chi connectivity index (χ3n) is 1.53. The quantitative estimate of drug-likeness (QED) is 0.565. The molecule has 1 atom stereocenters. The molecule has 0 heterocycles. The van der Waals surface area contributed by atoms with Crippen LogP contribution in [-0.2, 0) is 9.47 Å². The van der Waals surface area contributed by atoms with Crippen molar-refractivity contribution in [2.24, 2.45) is 0 Å². The molecule has 0 radical (unpaired) electrons. The molecule has 0 aliphatic carbocycles. The second-order valence-corrected chi connectivity index (χ2v) is 2.86. The van der Waals surface area contributed by atoms with E-state index in [1.165, 1.54) is 0 Å². The lowest BCUT2D eigenvalue weighted by atomic mass is 10.2. The number of aliphatic hydroxyl groups excluding tert-OH is 1. The van der Waals surface area contributed by atoms with Gasteiger partial charge in [-0.1, -0.05) is 6.92 Å². The Kier molecular flexibility index (Phi) is 8.88. The molecule has 0 bridgehead atoms. The van der Waals surface area contributed by atoms with Crippen molar-refractivity contribution in [3.8, 4) is 0 Å². The lowest BCUT2D eigenvalue weighted by Gasteiger charge is -2.08. The molecule has 0 aliphatic rings. The summed E-state index contributed by atoms with van der Waals surface area (Å²) in [4.78, 5) is 0.